The minimum Gasteiger partial charge on any atom is -0.333 e. The average Bonchev–Trinajstić information content (AvgIpc) is 2.95. The highest BCUT2D eigenvalue weighted by Crippen LogP contribution is 2.19. The number of fused-ring (bicyclic) bond motifs is 1. The normalized spacial score (nSPS) is 14.4. The quantitative estimate of drug-likeness (QED) is 0.825. The summed E-state index contributed by atoms with van der Waals surface area (Å²) in [6.45, 7) is 8.76. The van der Waals surface area contributed by atoms with Crippen LogP contribution in [0.5, 0.6) is 0 Å². The summed E-state index contributed by atoms with van der Waals surface area (Å²) in [4.78, 5) is 8.16. The van der Waals surface area contributed by atoms with Crippen LogP contribution in [0.25, 0.3) is 0 Å². The Labute approximate surface area is 118 Å². The van der Waals surface area contributed by atoms with E-state index >= 15 is 0 Å². The maximum Gasteiger partial charge on any atom is 0.205 e. The fourth-order valence-corrected chi connectivity index (χ4v) is 2.00. The lowest BCUT2D eigenvalue weighted by atomic mass is 10.1. The molecule has 19 heavy (non-hydrogen) atoms. The number of hydrogen-bond donors (Lipinski definition) is 0. The molecule has 0 unspecified atom stereocenters. The second-order valence-corrected chi connectivity index (χ2v) is 5.51. The molecule has 0 saturated carbocycles. The van der Waals surface area contributed by atoms with Crippen LogP contribution in [0.4, 0.5) is 5.95 Å². The summed E-state index contributed by atoms with van der Waals surface area (Å²) in [6, 6.07) is 0. The number of rotatable bonds is 2. The molecule has 0 radical (unpaired) electrons. The van der Waals surface area contributed by atoms with E-state index in [1.165, 1.54) is 0 Å². The van der Waals surface area contributed by atoms with Crippen LogP contribution < -0.4 is 4.90 Å². The summed E-state index contributed by atoms with van der Waals surface area (Å²) >= 11 is 0. The molecule has 2 aromatic heterocycles. The molecule has 0 N–H and O–H groups in total. The van der Waals surface area contributed by atoms with Gasteiger partial charge in [-0.15, -0.1) is 22.6 Å². The van der Waals surface area contributed by atoms with Crippen LogP contribution in [0, 0.1) is 0 Å². The highest BCUT2D eigenvalue weighted by Gasteiger charge is 2.23. The first-order valence-corrected chi connectivity index (χ1v) is 6.09. The Kier molecular flexibility index (Phi) is 3.49. The lowest BCUT2D eigenvalue weighted by molar-refractivity contribution is 0.305. The number of nitrogens with zero attached hydrogens (tertiary/aromatic N) is 7. The molecule has 0 atom stereocenters. The summed E-state index contributed by atoms with van der Waals surface area (Å²) in [6.07, 6.45) is 3.82. The molecule has 0 aliphatic carbocycles. The molecule has 3 heterocycles. The Morgan fingerprint density at radius 1 is 1.26 bits per heavy atom. The Balaban J connectivity index is 0.00000133. The zero-order valence-corrected chi connectivity index (χ0v) is 12.1. The van der Waals surface area contributed by atoms with Gasteiger partial charge in [-0.25, -0.2) is 4.98 Å². The molecule has 0 aromatic carbocycles. The van der Waals surface area contributed by atoms with Gasteiger partial charge < -0.3 is 9.47 Å². The number of halogens is 1. The van der Waals surface area contributed by atoms with Crippen molar-refractivity contribution in [3.05, 3.63) is 18.2 Å². The molecular formula is C11H18ClN7. The van der Waals surface area contributed by atoms with Crippen molar-refractivity contribution in [3.8, 4) is 0 Å². The molecule has 8 heteroatoms. The van der Waals surface area contributed by atoms with Crippen molar-refractivity contribution >= 4 is 18.4 Å². The largest absolute Gasteiger partial charge is 0.333 e. The summed E-state index contributed by atoms with van der Waals surface area (Å²) in [7, 11) is 0. The predicted molar refractivity (Wildman–Crippen MR) is 73.3 cm³/mol. The molecule has 0 saturated heterocycles. The van der Waals surface area contributed by atoms with Crippen LogP contribution in [-0.2, 0) is 18.6 Å². The van der Waals surface area contributed by atoms with Gasteiger partial charge in [0.05, 0.1) is 12.1 Å². The molecular weight excluding hydrogens is 266 g/mol. The van der Waals surface area contributed by atoms with Gasteiger partial charge in [0.1, 0.15) is 0 Å². The van der Waals surface area contributed by atoms with E-state index < -0.39 is 0 Å². The molecule has 0 amide bonds. The van der Waals surface area contributed by atoms with Gasteiger partial charge in [-0.1, -0.05) is 0 Å². The van der Waals surface area contributed by atoms with Crippen LogP contribution in [0.3, 0.4) is 0 Å². The molecule has 104 valence electrons. The van der Waals surface area contributed by atoms with E-state index in [1.807, 2.05) is 12.4 Å². The van der Waals surface area contributed by atoms with Crippen LogP contribution in [0.15, 0.2) is 12.4 Å². The molecule has 2 aromatic rings. The maximum absolute atomic E-state index is 4.42. The van der Waals surface area contributed by atoms with Crippen molar-refractivity contribution in [2.24, 2.45) is 0 Å². The standard InChI is InChI=1S/C11H17N7.ClH/c1-11(2,3)18-14-9(13-15-18)8-17-7-6-16-5-4-12-10(16)17;/h4-5H,6-8H2,1-3H3;1H. The Hall–Kier alpha value is -1.63. The van der Waals surface area contributed by atoms with E-state index in [1.54, 1.807) is 4.80 Å². The van der Waals surface area contributed by atoms with Crippen LogP contribution in [-0.4, -0.2) is 36.3 Å². The third kappa shape index (κ3) is 2.56. The van der Waals surface area contributed by atoms with Gasteiger partial charge >= 0.3 is 0 Å². The topological polar surface area (TPSA) is 64.7 Å². The Morgan fingerprint density at radius 2 is 2.05 bits per heavy atom. The van der Waals surface area contributed by atoms with E-state index in [4.69, 9.17) is 0 Å². The van der Waals surface area contributed by atoms with E-state index in [0.717, 1.165) is 24.9 Å². The molecule has 0 spiro atoms. The second-order valence-electron chi connectivity index (χ2n) is 5.51. The van der Waals surface area contributed by atoms with E-state index in [0.29, 0.717) is 6.54 Å². The molecule has 1 aliphatic heterocycles. The first-order valence-electron chi connectivity index (χ1n) is 6.09. The van der Waals surface area contributed by atoms with Crippen molar-refractivity contribution in [3.63, 3.8) is 0 Å². The molecule has 7 nitrogen and oxygen atoms in total. The van der Waals surface area contributed by atoms with Crippen LogP contribution >= 0.6 is 12.4 Å². The van der Waals surface area contributed by atoms with E-state index in [9.17, 15) is 0 Å². The van der Waals surface area contributed by atoms with Gasteiger partial charge in [-0.3, -0.25) is 0 Å². The van der Waals surface area contributed by atoms with Crippen molar-refractivity contribution in [2.75, 3.05) is 11.4 Å². The minimum absolute atomic E-state index is 0. The summed E-state index contributed by atoms with van der Waals surface area (Å²) in [5.41, 5.74) is -0.130. The van der Waals surface area contributed by atoms with E-state index in [2.05, 4.69) is 50.6 Å². The summed E-state index contributed by atoms with van der Waals surface area (Å²) in [5, 5.41) is 12.6. The van der Waals surface area contributed by atoms with Gasteiger partial charge in [0, 0.05) is 25.5 Å². The van der Waals surface area contributed by atoms with E-state index in [-0.39, 0.29) is 17.9 Å². The van der Waals surface area contributed by atoms with Crippen molar-refractivity contribution in [1.82, 2.24) is 29.8 Å². The van der Waals surface area contributed by atoms with Crippen LogP contribution in [0.1, 0.15) is 26.6 Å². The first kappa shape index (κ1) is 13.8. The Bertz CT molecular complexity index is 553. The third-order valence-corrected chi connectivity index (χ3v) is 2.97. The first-order chi connectivity index (χ1) is 8.54. The molecule has 0 bridgehead atoms. The van der Waals surface area contributed by atoms with Crippen molar-refractivity contribution in [1.29, 1.82) is 0 Å². The Morgan fingerprint density at radius 3 is 2.74 bits per heavy atom. The number of imidazole rings is 1. The van der Waals surface area contributed by atoms with Gasteiger partial charge in [0.25, 0.3) is 0 Å². The van der Waals surface area contributed by atoms with Gasteiger partial charge in [-0.05, 0) is 26.0 Å². The molecule has 3 rings (SSSR count). The van der Waals surface area contributed by atoms with Crippen molar-refractivity contribution in [2.45, 2.75) is 39.4 Å². The summed E-state index contributed by atoms with van der Waals surface area (Å²) in [5.74, 6) is 1.73. The third-order valence-electron chi connectivity index (χ3n) is 2.97. The van der Waals surface area contributed by atoms with Gasteiger partial charge in [0.15, 0.2) is 5.82 Å². The van der Waals surface area contributed by atoms with Crippen molar-refractivity contribution < 1.29 is 0 Å². The lowest BCUT2D eigenvalue weighted by Gasteiger charge is -2.16. The smallest absolute Gasteiger partial charge is 0.205 e. The highest BCUT2D eigenvalue weighted by atomic mass is 35.5. The fourth-order valence-electron chi connectivity index (χ4n) is 2.00. The van der Waals surface area contributed by atoms with Gasteiger partial charge in [-0.2, -0.15) is 4.80 Å². The highest BCUT2D eigenvalue weighted by molar-refractivity contribution is 5.85. The fraction of sp³-hybridized carbons (Fsp3) is 0.636. The average molecular weight is 284 g/mol. The predicted octanol–water partition coefficient (Wildman–Crippen LogP) is 1.07. The number of tetrazole rings is 1. The lowest BCUT2D eigenvalue weighted by Crippen LogP contribution is -2.25. The zero-order chi connectivity index (χ0) is 12.8. The zero-order valence-electron chi connectivity index (χ0n) is 11.3. The number of hydrogen-bond acceptors (Lipinski definition) is 5. The monoisotopic (exact) mass is 283 g/mol. The number of aromatic nitrogens is 6. The van der Waals surface area contributed by atoms with Gasteiger partial charge in [0.2, 0.25) is 5.95 Å². The SMILES string of the molecule is CC(C)(C)n1nnc(CN2CCn3ccnc32)n1.Cl. The number of anilines is 1. The maximum atomic E-state index is 4.42. The summed E-state index contributed by atoms with van der Waals surface area (Å²) < 4.78 is 2.13. The minimum atomic E-state index is -0.130. The molecule has 1 aliphatic rings. The molecule has 0 fully saturated rings. The second kappa shape index (κ2) is 4.80. The van der Waals surface area contributed by atoms with Crippen LogP contribution in [0.2, 0.25) is 0 Å².